The van der Waals surface area contributed by atoms with Crippen LogP contribution in [0.15, 0.2) is 28.7 Å². The molecule has 1 saturated heterocycles. The molecule has 134 valence electrons. The Morgan fingerprint density at radius 2 is 2.15 bits per heavy atom. The van der Waals surface area contributed by atoms with Crippen molar-refractivity contribution in [3.8, 4) is 6.07 Å². The third-order valence-electron chi connectivity index (χ3n) is 4.26. The van der Waals surface area contributed by atoms with Gasteiger partial charge in [-0.3, -0.25) is 14.0 Å². The van der Waals surface area contributed by atoms with Crippen molar-refractivity contribution >= 4 is 23.4 Å². The second-order valence-electron chi connectivity index (χ2n) is 5.89. The number of anilines is 1. The SMILES string of the molecule is CNC(=O)C(C#N)=Cc1c(N2CCOCC2)nc2c(C)cccn2c1=O. The smallest absolute Gasteiger partial charge is 0.267 e. The van der Waals surface area contributed by atoms with Gasteiger partial charge in [0, 0.05) is 26.3 Å². The molecule has 8 heteroatoms. The molecule has 1 aliphatic heterocycles. The van der Waals surface area contributed by atoms with Gasteiger partial charge in [-0.25, -0.2) is 4.98 Å². The van der Waals surface area contributed by atoms with Crippen LogP contribution in [0.25, 0.3) is 11.7 Å². The number of pyridine rings is 1. The van der Waals surface area contributed by atoms with Gasteiger partial charge in [-0.05, 0) is 24.6 Å². The molecular weight excluding hydrogens is 334 g/mol. The van der Waals surface area contributed by atoms with Crippen LogP contribution in [0.3, 0.4) is 0 Å². The van der Waals surface area contributed by atoms with Crippen molar-refractivity contribution in [2.75, 3.05) is 38.3 Å². The monoisotopic (exact) mass is 353 g/mol. The van der Waals surface area contributed by atoms with Gasteiger partial charge in [0.25, 0.3) is 11.5 Å². The van der Waals surface area contributed by atoms with E-state index in [-0.39, 0.29) is 16.7 Å². The Morgan fingerprint density at radius 3 is 2.81 bits per heavy atom. The van der Waals surface area contributed by atoms with Crippen LogP contribution in [-0.4, -0.2) is 48.6 Å². The lowest BCUT2D eigenvalue weighted by molar-refractivity contribution is -0.116. The van der Waals surface area contributed by atoms with Gasteiger partial charge in [-0.15, -0.1) is 0 Å². The second kappa shape index (κ2) is 7.37. The fourth-order valence-electron chi connectivity index (χ4n) is 2.87. The number of amides is 1. The first-order chi connectivity index (χ1) is 12.6. The van der Waals surface area contributed by atoms with Crippen LogP contribution in [0.1, 0.15) is 11.1 Å². The van der Waals surface area contributed by atoms with Gasteiger partial charge >= 0.3 is 0 Å². The highest BCUT2D eigenvalue weighted by atomic mass is 16.5. The van der Waals surface area contributed by atoms with Crippen LogP contribution in [-0.2, 0) is 9.53 Å². The number of aromatic nitrogens is 2. The number of nitrogens with one attached hydrogen (secondary N) is 1. The number of ether oxygens (including phenoxy) is 1. The fourth-order valence-corrected chi connectivity index (χ4v) is 2.87. The molecule has 1 N–H and O–H groups in total. The standard InChI is InChI=1S/C18H19N5O3/c1-12-4-3-5-23-15(12)21-16(22-6-8-26-9-7-22)14(18(23)25)10-13(11-19)17(24)20-2/h3-5,10H,6-9H2,1-2H3,(H,20,24). The molecule has 3 rings (SSSR count). The van der Waals surface area contributed by atoms with Gasteiger partial charge < -0.3 is 15.0 Å². The largest absolute Gasteiger partial charge is 0.378 e. The molecule has 1 aliphatic rings. The highest BCUT2D eigenvalue weighted by Crippen LogP contribution is 2.21. The summed E-state index contributed by atoms with van der Waals surface area (Å²) in [5.41, 5.74) is 1.16. The van der Waals surface area contributed by atoms with E-state index in [4.69, 9.17) is 4.74 Å². The number of nitrogens with zero attached hydrogens (tertiary/aromatic N) is 4. The number of likely N-dealkylation sites (N-methyl/N-ethyl adjacent to an activating group) is 1. The lowest BCUT2D eigenvalue weighted by Crippen LogP contribution is -2.38. The van der Waals surface area contributed by atoms with Crippen molar-refractivity contribution in [1.82, 2.24) is 14.7 Å². The molecular formula is C18H19N5O3. The number of nitriles is 1. The highest BCUT2D eigenvalue weighted by molar-refractivity contribution is 6.02. The van der Waals surface area contributed by atoms with Crippen LogP contribution < -0.4 is 15.8 Å². The molecule has 0 unspecified atom stereocenters. The van der Waals surface area contributed by atoms with E-state index < -0.39 is 5.91 Å². The Labute approximate surface area is 150 Å². The van der Waals surface area contributed by atoms with Crippen LogP contribution in [0.5, 0.6) is 0 Å². The number of rotatable bonds is 3. The number of carbonyl (C=O) groups excluding carboxylic acids is 1. The number of fused-ring (bicyclic) bond motifs is 1. The highest BCUT2D eigenvalue weighted by Gasteiger charge is 2.21. The minimum atomic E-state index is -0.547. The van der Waals surface area contributed by atoms with Crippen molar-refractivity contribution in [2.24, 2.45) is 0 Å². The summed E-state index contributed by atoms with van der Waals surface area (Å²) in [6, 6.07) is 5.49. The number of carbonyl (C=O) groups is 1. The Kier molecular flexibility index (Phi) is 5.00. The summed E-state index contributed by atoms with van der Waals surface area (Å²) in [6.45, 7) is 4.09. The van der Waals surface area contributed by atoms with Crippen molar-refractivity contribution in [3.05, 3.63) is 45.4 Å². The predicted octanol–water partition coefficient (Wildman–Crippen LogP) is 0.492. The third-order valence-corrected chi connectivity index (χ3v) is 4.26. The molecule has 0 spiro atoms. The zero-order chi connectivity index (χ0) is 18.7. The number of aryl methyl sites for hydroxylation is 1. The maximum Gasteiger partial charge on any atom is 0.267 e. The molecule has 1 amide bonds. The van der Waals surface area contributed by atoms with E-state index in [0.29, 0.717) is 37.8 Å². The van der Waals surface area contributed by atoms with E-state index in [2.05, 4.69) is 10.3 Å². The molecule has 2 aromatic heterocycles. The van der Waals surface area contributed by atoms with E-state index in [1.165, 1.54) is 17.5 Å². The minimum absolute atomic E-state index is 0.145. The lowest BCUT2D eigenvalue weighted by atomic mass is 10.1. The maximum absolute atomic E-state index is 13.1. The molecule has 0 aliphatic carbocycles. The first-order valence-electron chi connectivity index (χ1n) is 8.25. The quantitative estimate of drug-likeness (QED) is 0.637. The van der Waals surface area contributed by atoms with E-state index in [9.17, 15) is 14.9 Å². The Hall–Kier alpha value is -3.18. The van der Waals surface area contributed by atoms with Gasteiger partial charge in [0.15, 0.2) is 0 Å². The molecule has 8 nitrogen and oxygen atoms in total. The van der Waals surface area contributed by atoms with E-state index in [1.807, 2.05) is 24.0 Å². The molecule has 0 bridgehead atoms. The van der Waals surface area contributed by atoms with Gasteiger partial charge in [-0.1, -0.05) is 6.07 Å². The van der Waals surface area contributed by atoms with Crippen LogP contribution >= 0.6 is 0 Å². The summed E-state index contributed by atoms with van der Waals surface area (Å²) >= 11 is 0. The number of morpholine rings is 1. The number of hydrogen-bond acceptors (Lipinski definition) is 6. The molecule has 0 saturated carbocycles. The van der Waals surface area contributed by atoms with Crippen molar-refractivity contribution < 1.29 is 9.53 Å². The number of hydrogen-bond donors (Lipinski definition) is 1. The summed E-state index contributed by atoms with van der Waals surface area (Å²) in [7, 11) is 1.44. The lowest BCUT2D eigenvalue weighted by Gasteiger charge is -2.29. The van der Waals surface area contributed by atoms with Crippen LogP contribution in [0.2, 0.25) is 0 Å². The second-order valence-corrected chi connectivity index (χ2v) is 5.89. The van der Waals surface area contributed by atoms with Crippen molar-refractivity contribution in [1.29, 1.82) is 5.26 Å². The van der Waals surface area contributed by atoms with Crippen molar-refractivity contribution in [3.63, 3.8) is 0 Å². The Bertz CT molecular complexity index is 981. The maximum atomic E-state index is 13.1. The minimum Gasteiger partial charge on any atom is -0.378 e. The molecule has 26 heavy (non-hydrogen) atoms. The van der Waals surface area contributed by atoms with Crippen LogP contribution in [0, 0.1) is 18.3 Å². The van der Waals surface area contributed by atoms with E-state index in [1.54, 1.807) is 12.3 Å². The van der Waals surface area contributed by atoms with Gasteiger partial charge in [0.2, 0.25) is 0 Å². The average molecular weight is 353 g/mol. The van der Waals surface area contributed by atoms with Crippen LogP contribution in [0.4, 0.5) is 5.82 Å². The van der Waals surface area contributed by atoms with Gasteiger partial charge in [-0.2, -0.15) is 5.26 Å². The zero-order valence-electron chi connectivity index (χ0n) is 14.7. The average Bonchev–Trinajstić information content (AvgIpc) is 2.68. The molecule has 2 aromatic rings. The third kappa shape index (κ3) is 3.17. The summed E-state index contributed by atoms with van der Waals surface area (Å²) in [5, 5.41) is 11.7. The Balaban J connectivity index is 2.30. The van der Waals surface area contributed by atoms with E-state index in [0.717, 1.165) is 5.56 Å². The molecule has 0 atom stereocenters. The molecule has 0 radical (unpaired) electrons. The first-order valence-corrected chi connectivity index (χ1v) is 8.25. The molecule has 3 heterocycles. The first kappa shape index (κ1) is 17.6. The fraction of sp³-hybridized carbons (Fsp3) is 0.333. The molecule has 1 fully saturated rings. The topological polar surface area (TPSA) is 99.7 Å². The Morgan fingerprint density at radius 1 is 1.42 bits per heavy atom. The van der Waals surface area contributed by atoms with E-state index >= 15 is 0 Å². The summed E-state index contributed by atoms with van der Waals surface area (Å²) in [5.74, 6) is -0.0848. The summed E-state index contributed by atoms with van der Waals surface area (Å²) in [6.07, 6.45) is 2.94. The van der Waals surface area contributed by atoms with Gasteiger partial charge in [0.1, 0.15) is 23.1 Å². The summed E-state index contributed by atoms with van der Waals surface area (Å²) < 4.78 is 6.81. The zero-order valence-corrected chi connectivity index (χ0v) is 14.7. The normalized spacial score (nSPS) is 15.0. The van der Waals surface area contributed by atoms with Gasteiger partial charge in [0.05, 0.1) is 18.8 Å². The van der Waals surface area contributed by atoms with Crippen molar-refractivity contribution in [2.45, 2.75) is 6.92 Å². The molecule has 0 aromatic carbocycles. The summed E-state index contributed by atoms with van der Waals surface area (Å²) in [4.78, 5) is 31.6. The predicted molar refractivity (Wildman–Crippen MR) is 96.9 cm³/mol.